The number of nitrogens with one attached hydrogen (secondary N) is 2. The van der Waals surface area contributed by atoms with Crippen LogP contribution >= 0.6 is 23.2 Å². The molecule has 0 spiro atoms. The Labute approximate surface area is 205 Å². The number of ketones is 2. The third-order valence-corrected chi connectivity index (χ3v) is 6.66. The average molecular weight is 483 g/mol. The highest BCUT2D eigenvalue weighted by Crippen LogP contribution is 2.48. The molecule has 0 bridgehead atoms. The molecule has 0 unspecified atom stereocenters. The van der Waals surface area contributed by atoms with E-state index in [1.54, 1.807) is 0 Å². The van der Waals surface area contributed by atoms with Crippen LogP contribution in [0.4, 0.5) is 22.7 Å². The summed E-state index contributed by atoms with van der Waals surface area (Å²) in [6.45, 7) is 0. The quantitative estimate of drug-likeness (QED) is 0.310. The molecular formula is C28H16Cl2N2O2. The topological polar surface area (TPSA) is 58.2 Å². The van der Waals surface area contributed by atoms with Crippen LogP contribution in [0, 0.1) is 0 Å². The van der Waals surface area contributed by atoms with E-state index in [-0.39, 0.29) is 11.6 Å². The standard InChI is InChI=1S/C28H16Cl2N2O2/c29-19-14-24(34)28-22(32-16-9-5-2-6-10-16)12-18-20(30)13-23(33)27-21(11-17(19)26(28)25(18)27)31-15-7-3-1-4-8-15/h1-14,31-32H. The molecule has 4 nitrogen and oxygen atoms in total. The second-order valence-corrected chi connectivity index (χ2v) is 8.95. The molecular weight excluding hydrogens is 467 g/mol. The first-order chi connectivity index (χ1) is 16.5. The zero-order valence-electron chi connectivity index (χ0n) is 17.7. The lowest BCUT2D eigenvalue weighted by Gasteiger charge is -2.26. The van der Waals surface area contributed by atoms with E-state index < -0.39 is 0 Å². The summed E-state index contributed by atoms with van der Waals surface area (Å²) in [5.41, 5.74) is 5.15. The highest BCUT2D eigenvalue weighted by Gasteiger charge is 2.32. The Morgan fingerprint density at radius 3 is 1.32 bits per heavy atom. The lowest BCUT2D eigenvalue weighted by molar-refractivity contribution is 0.103. The summed E-state index contributed by atoms with van der Waals surface area (Å²) in [6.07, 6.45) is 2.84. The summed E-state index contributed by atoms with van der Waals surface area (Å²) in [5, 5.41) is 8.59. The number of allylic oxidation sites excluding steroid dienone is 2. The monoisotopic (exact) mass is 482 g/mol. The van der Waals surface area contributed by atoms with Crippen LogP contribution in [0.1, 0.15) is 31.8 Å². The van der Waals surface area contributed by atoms with Crippen molar-refractivity contribution in [3.05, 3.63) is 107 Å². The van der Waals surface area contributed by atoms with Crippen LogP contribution in [0.2, 0.25) is 0 Å². The first kappa shape index (κ1) is 20.7. The minimum Gasteiger partial charge on any atom is -0.355 e. The van der Waals surface area contributed by atoms with Gasteiger partial charge in [-0.1, -0.05) is 59.6 Å². The molecule has 0 fully saturated rings. The highest BCUT2D eigenvalue weighted by atomic mass is 35.5. The van der Waals surface area contributed by atoms with E-state index in [0.29, 0.717) is 54.5 Å². The van der Waals surface area contributed by atoms with Gasteiger partial charge in [-0.15, -0.1) is 0 Å². The minimum absolute atomic E-state index is 0.227. The van der Waals surface area contributed by atoms with Gasteiger partial charge in [-0.2, -0.15) is 0 Å². The van der Waals surface area contributed by atoms with Crippen LogP contribution in [-0.2, 0) is 0 Å². The second-order valence-electron chi connectivity index (χ2n) is 8.14. The van der Waals surface area contributed by atoms with Crippen molar-refractivity contribution in [2.45, 2.75) is 0 Å². The minimum atomic E-state index is -0.227. The average Bonchev–Trinajstić information content (AvgIpc) is 2.83. The van der Waals surface area contributed by atoms with Crippen LogP contribution in [0.25, 0.3) is 20.8 Å². The maximum atomic E-state index is 13.2. The Morgan fingerprint density at radius 2 is 0.941 bits per heavy atom. The van der Waals surface area contributed by atoms with Crippen molar-refractivity contribution in [3.8, 4) is 0 Å². The molecule has 4 aromatic carbocycles. The summed E-state index contributed by atoms with van der Waals surface area (Å²) < 4.78 is 0. The number of benzene rings is 4. The molecule has 164 valence electrons. The summed E-state index contributed by atoms with van der Waals surface area (Å²) in [7, 11) is 0. The molecule has 0 saturated heterocycles. The summed E-state index contributed by atoms with van der Waals surface area (Å²) in [5.74, 6) is -0.453. The largest absolute Gasteiger partial charge is 0.355 e. The van der Waals surface area contributed by atoms with Gasteiger partial charge in [-0.05, 0) is 36.4 Å². The van der Waals surface area contributed by atoms with Gasteiger partial charge in [0.05, 0.1) is 32.6 Å². The Hall–Kier alpha value is -3.86. The first-order valence-corrected chi connectivity index (χ1v) is 11.4. The van der Waals surface area contributed by atoms with Crippen molar-refractivity contribution in [1.29, 1.82) is 0 Å². The van der Waals surface area contributed by atoms with Gasteiger partial charge in [0, 0.05) is 45.4 Å². The van der Waals surface area contributed by atoms with Crippen LogP contribution < -0.4 is 10.6 Å². The van der Waals surface area contributed by atoms with Gasteiger partial charge in [0.25, 0.3) is 0 Å². The molecule has 34 heavy (non-hydrogen) atoms. The second kappa shape index (κ2) is 7.87. The molecule has 0 heterocycles. The fraction of sp³-hybridized carbons (Fsp3) is 0. The molecule has 0 saturated carbocycles. The van der Waals surface area contributed by atoms with Gasteiger partial charge in [0.1, 0.15) is 0 Å². The van der Waals surface area contributed by atoms with E-state index in [9.17, 15) is 9.59 Å². The summed E-state index contributed by atoms with van der Waals surface area (Å²) >= 11 is 13.2. The molecule has 6 heteroatoms. The van der Waals surface area contributed by atoms with Crippen molar-refractivity contribution in [2.24, 2.45) is 0 Å². The Bertz CT molecular complexity index is 1470. The van der Waals surface area contributed by atoms with E-state index in [0.717, 1.165) is 11.4 Å². The first-order valence-electron chi connectivity index (χ1n) is 10.7. The van der Waals surface area contributed by atoms with Gasteiger partial charge in [0.2, 0.25) is 0 Å². The summed E-state index contributed by atoms with van der Waals surface area (Å²) in [6, 6.07) is 22.8. The number of para-hydroxylation sites is 2. The van der Waals surface area contributed by atoms with E-state index >= 15 is 0 Å². The fourth-order valence-electron chi connectivity index (χ4n) is 4.61. The molecule has 2 aliphatic carbocycles. The lowest BCUT2D eigenvalue weighted by atomic mass is 9.82. The molecule has 0 aliphatic heterocycles. The molecule has 6 rings (SSSR count). The fourth-order valence-corrected chi connectivity index (χ4v) is 5.10. The van der Waals surface area contributed by atoms with Gasteiger partial charge >= 0.3 is 0 Å². The third kappa shape index (κ3) is 3.23. The number of rotatable bonds is 4. The van der Waals surface area contributed by atoms with Crippen LogP contribution in [0.3, 0.4) is 0 Å². The number of carbonyl (C=O) groups excluding carboxylic acids is 2. The highest BCUT2D eigenvalue weighted by molar-refractivity contribution is 6.56. The Morgan fingerprint density at radius 1 is 0.559 bits per heavy atom. The number of halogens is 2. The molecule has 0 amide bonds. The number of anilines is 4. The summed E-state index contributed by atoms with van der Waals surface area (Å²) in [4.78, 5) is 26.4. The van der Waals surface area contributed by atoms with E-state index in [2.05, 4.69) is 10.6 Å². The zero-order chi connectivity index (χ0) is 23.4. The smallest absolute Gasteiger partial charge is 0.190 e. The van der Waals surface area contributed by atoms with E-state index in [1.807, 2.05) is 72.8 Å². The normalized spacial score (nSPS) is 14.1. The molecule has 0 radical (unpaired) electrons. The van der Waals surface area contributed by atoms with Gasteiger partial charge in [-0.25, -0.2) is 0 Å². The number of carbonyl (C=O) groups is 2. The van der Waals surface area contributed by atoms with Crippen molar-refractivity contribution in [1.82, 2.24) is 0 Å². The van der Waals surface area contributed by atoms with Crippen molar-refractivity contribution in [2.75, 3.05) is 10.6 Å². The van der Waals surface area contributed by atoms with E-state index in [1.165, 1.54) is 12.2 Å². The Kier molecular flexibility index (Phi) is 4.80. The molecule has 2 aliphatic rings. The molecule has 0 atom stereocenters. The predicted octanol–water partition coefficient (Wildman–Crippen LogP) is 7.88. The molecule has 0 aromatic heterocycles. The van der Waals surface area contributed by atoms with Gasteiger partial charge in [-0.3, -0.25) is 9.59 Å². The molecule has 4 aromatic rings. The van der Waals surface area contributed by atoms with Crippen molar-refractivity contribution in [3.63, 3.8) is 0 Å². The van der Waals surface area contributed by atoms with Gasteiger partial charge in [0.15, 0.2) is 11.6 Å². The van der Waals surface area contributed by atoms with Crippen LogP contribution in [0.5, 0.6) is 0 Å². The lowest BCUT2D eigenvalue weighted by Crippen LogP contribution is -2.15. The predicted molar refractivity (Wildman–Crippen MR) is 140 cm³/mol. The van der Waals surface area contributed by atoms with Crippen molar-refractivity contribution >= 4 is 78.4 Å². The Balaban J connectivity index is 1.68. The number of hydrogen-bond acceptors (Lipinski definition) is 4. The maximum Gasteiger partial charge on any atom is 0.190 e. The molecule has 2 N–H and O–H groups in total. The van der Waals surface area contributed by atoms with Crippen molar-refractivity contribution < 1.29 is 9.59 Å². The maximum absolute atomic E-state index is 13.2. The zero-order valence-corrected chi connectivity index (χ0v) is 19.2. The van der Waals surface area contributed by atoms with Crippen LogP contribution in [-0.4, -0.2) is 11.6 Å². The van der Waals surface area contributed by atoms with Gasteiger partial charge < -0.3 is 10.6 Å². The SMILES string of the molecule is O=C1C=C(Cl)c2cc(Nc3ccccc3)c3c4c(cc(Nc5ccccc5)c1c24)C(Cl)=CC3=O. The third-order valence-electron chi connectivity index (χ3n) is 6.03. The van der Waals surface area contributed by atoms with Crippen LogP contribution in [0.15, 0.2) is 84.9 Å². The number of hydrogen-bond donors (Lipinski definition) is 2. The van der Waals surface area contributed by atoms with E-state index in [4.69, 9.17) is 23.2 Å².